The number of amides is 2. The summed E-state index contributed by atoms with van der Waals surface area (Å²) in [4.78, 5) is 24.5. The van der Waals surface area contributed by atoms with Gasteiger partial charge in [-0.1, -0.05) is 11.8 Å². The van der Waals surface area contributed by atoms with Gasteiger partial charge in [-0.05, 0) is 18.6 Å². The number of rotatable bonds is 4. The van der Waals surface area contributed by atoms with Gasteiger partial charge in [0.05, 0.1) is 12.0 Å². The molecule has 1 saturated heterocycles. The Kier molecular flexibility index (Phi) is 3.55. The van der Waals surface area contributed by atoms with E-state index in [9.17, 15) is 9.59 Å². The summed E-state index contributed by atoms with van der Waals surface area (Å²) in [5.41, 5.74) is 0. The van der Waals surface area contributed by atoms with E-state index in [2.05, 4.69) is 10.2 Å². The molecule has 3 rings (SSSR count). The van der Waals surface area contributed by atoms with E-state index in [4.69, 9.17) is 8.83 Å². The van der Waals surface area contributed by atoms with Gasteiger partial charge in [0.15, 0.2) is 5.76 Å². The molecule has 0 spiro atoms. The van der Waals surface area contributed by atoms with Crippen molar-refractivity contribution in [2.75, 3.05) is 12.3 Å². The van der Waals surface area contributed by atoms with Gasteiger partial charge >= 0.3 is 0 Å². The van der Waals surface area contributed by atoms with Crippen LogP contribution in [0.4, 0.5) is 0 Å². The SMILES string of the molecule is O=C1CCCN1C(=O)CSc1nnc(-c2ccco2)o1. The van der Waals surface area contributed by atoms with Crippen molar-refractivity contribution < 1.29 is 18.4 Å². The van der Waals surface area contributed by atoms with Gasteiger partial charge in [0.25, 0.3) is 11.1 Å². The quantitative estimate of drug-likeness (QED) is 0.790. The largest absolute Gasteiger partial charge is 0.459 e. The zero-order chi connectivity index (χ0) is 13.9. The van der Waals surface area contributed by atoms with Crippen molar-refractivity contribution in [3.63, 3.8) is 0 Å². The topological polar surface area (TPSA) is 89.4 Å². The van der Waals surface area contributed by atoms with E-state index < -0.39 is 0 Å². The van der Waals surface area contributed by atoms with Gasteiger partial charge in [-0.15, -0.1) is 10.2 Å². The summed E-state index contributed by atoms with van der Waals surface area (Å²) in [5.74, 6) is 0.506. The Bertz CT molecular complexity index is 622. The van der Waals surface area contributed by atoms with E-state index in [1.165, 1.54) is 11.2 Å². The number of hydrogen-bond acceptors (Lipinski definition) is 7. The minimum atomic E-state index is -0.227. The van der Waals surface area contributed by atoms with Crippen LogP contribution in [-0.4, -0.2) is 39.2 Å². The first-order valence-electron chi connectivity index (χ1n) is 6.07. The van der Waals surface area contributed by atoms with Gasteiger partial charge in [0, 0.05) is 13.0 Å². The van der Waals surface area contributed by atoms with Gasteiger partial charge in [-0.3, -0.25) is 14.5 Å². The van der Waals surface area contributed by atoms with E-state index in [-0.39, 0.29) is 28.7 Å². The molecule has 2 aromatic rings. The van der Waals surface area contributed by atoms with Gasteiger partial charge in [-0.2, -0.15) is 0 Å². The van der Waals surface area contributed by atoms with Crippen LogP contribution in [0.15, 0.2) is 32.5 Å². The van der Waals surface area contributed by atoms with Crippen molar-refractivity contribution in [2.24, 2.45) is 0 Å². The summed E-state index contributed by atoms with van der Waals surface area (Å²) < 4.78 is 10.5. The summed E-state index contributed by atoms with van der Waals surface area (Å²) in [6.07, 6.45) is 2.69. The molecule has 0 saturated carbocycles. The molecule has 2 amide bonds. The molecule has 0 bridgehead atoms. The number of hydrogen-bond donors (Lipinski definition) is 0. The Morgan fingerprint density at radius 2 is 2.35 bits per heavy atom. The normalized spacial score (nSPS) is 15.0. The Hall–Kier alpha value is -2.09. The molecule has 8 heteroatoms. The number of furan rings is 1. The second-order valence-electron chi connectivity index (χ2n) is 4.18. The number of carbonyl (C=O) groups is 2. The summed E-state index contributed by atoms with van der Waals surface area (Å²) in [7, 11) is 0. The third-order valence-electron chi connectivity index (χ3n) is 2.83. The molecule has 2 aromatic heterocycles. The van der Waals surface area contributed by atoms with Crippen LogP contribution in [0.5, 0.6) is 0 Å². The average molecular weight is 293 g/mol. The summed E-state index contributed by atoms with van der Waals surface area (Å²) in [5, 5.41) is 7.92. The average Bonchev–Trinajstić information content (AvgIpc) is 3.16. The Morgan fingerprint density at radius 3 is 3.05 bits per heavy atom. The van der Waals surface area contributed by atoms with Crippen LogP contribution in [0.2, 0.25) is 0 Å². The van der Waals surface area contributed by atoms with Crippen LogP contribution >= 0.6 is 11.8 Å². The number of carbonyl (C=O) groups excluding carboxylic acids is 2. The van der Waals surface area contributed by atoms with Crippen LogP contribution in [-0.2, 0) is 9.59 Å². The highest BCUT2D eigenvalue weighted by molar-refractivity contribution is 7.99. The fraction of sp³-hybridized carbons (Fsp3) is 0.333. The summed E-state index contributed by atoms with van der Waals surface area (Å²) in [6, 6.07) is 3.42. The third-order valence-corrected chi connectivity index (χ3v) is 3.64. The first kappa shape index (κ1) is 12.9. The second kappa shape index (κ2) is 5.49. The molecule has 104 valence electrons. The minimum absolute atomic E-state index is 0.103. The Morgan fingerprint density at radius 1 is 1.45 bits per heavy atom. The fourth-order valence-electron chi connectivity index (χ4n) is 1.88. The fourth-order valence-corrected chi connectivity index (χ4v) is 2.52. The van der Waals surface area contributed by atoms with E-state index in [1.54, 1.807) is 12.1 Å². The zero-order valence-corrected chi connectivity index (χ0v) is 11.3. The lowest BCUT2D eigenvalue weighted by atomic mass is 10.4. The predicted molar refractivity (Wildman–Crippen MR) is 68.7 cm³/mol. The van der Waals surface area contributed by atoms with Gasteiger partial charge < -0.3 is 8.83 Å². The molecule has 20 heavy (non-hydrogen) atoms. The lowest BCUT2D eigenvalue weighted by Crippen LogP contribution is -2.33. The maximum absolute atomic E-state index is 11.8. The van der Waals surface area contributed by atoms with E-state index in [1.807, 2.05) is 0 Å². The molecular formula is C12H11N3O4S. The highest BCUT2D eigenvalue weighted by atomic mass is 32.2. The molecule has 0 radical (unpaired) electrons. The number of thioether (sulfide) groups is 1. The lowest BCUT2D eigenvalue weighted by Gasteiger charge is -2.11. The maximum atomic E-state index is 11.8. The predicted octanol–water partition coefficient (Wildman–Crippen LogP) is 1.57. The van der Waals surface area contributed by atoms with Gasteiger partial charge in [-0.25, -0.2) is 0 Å². The van der Waals surface area contributed by atoms with Gasteiger partial charge in [0.1, 0.15) is 0 Å². The molecule has 0 aliphatic carbocycles. The third kappa shape index (κ3) is 2.60. The molecule has 0 N–H and O–H groups in total. The van der Waals surface area contributed by atoms with E-state index in [0.29, 0.717) is 18.7 Å². The van der Waals surface area contributed by atoms with Crippen molar-refractivity contribution in [1.29, 1.82) is 0 Å². The van der Waals surface area contributed by atoms with Crippen LogP contribution in [0, 0.1) is 0 Å². The number of imide groups is 1. The smallest absolute Gasteiger partial charge is 0.284 e. The van der Waals surface area contributed by atoms with Crippen molar-refractivity contribution in [1.82, 2.24) is 15.1 Å². The molecular weight excluding hydrogens is 282 g/mol. The Labute approximate surface area is 118 Å². The van der Waals surface area contributed by atoms with Gasteiger partial charge in [0.2, 0.25) is 11.8 Å². The van der Waals surface area contributed by atoms with E-state index >= 15 is 0 Å². The molecule has 1 fully saturated rings. The molecule has 0 aromatic carbocycles. The molecule has 1 aliphatic heterocycles. The zero-order valence-electron chi connectivity index (χ0n) is 10.4. The van der Waals surface area contributed by atoms with Crippen molar-refractivity contribution in [3.05, 3.63) is 18.4 Å². The van der Waals surface area contributed by atoms with Crippen LogP contribution in [0.1, 0.15) is 12.8 Å². The molecule has 0 unspecified atom stereocenters. The van der Waals surface area contributed by atoms with Crippen LogP contribution in [0.3, 0.4) is 0 Å². The van der Waals surface area contributed by atoms with Crippen molar-refractivity contribution >= 4 is 23.6 Å². The Balaban J connectivity index is 1.59. The number of nitrogens with zero attached hydrogens (tertiary/aromatic N) is 3. The standard InChI is InChI=1S/C12H11N3O4S/c16-9-4-1-5-15(9)10(17)7-20-12-14-13-11(19-12)8-3-2-6-18-8/h2-3,6H,1,4-5,7H2. The number of aromatic nitrogens is 2. The summed E-state index contributed by atoms with van der Waals surface area (Å²) in [6.45, 7) is 0.500. The minimum Gasteiger partial charge on any atom is -0.459 e. The highest BCUT2D eigenvalue weighted by Gasteiger charge is 2.26. The lowest BCUT2D eigenvalue weighted by molar-refractivity contribution is -0.140. The van der Waals surface area contributed by atoms with Crippen LogP contribution in [0.25, 0.3) is 11.7 Å². The molecule has 0 atom stereocenters. The first-order chi connectivity index (χ1) is 9.74. The second-order valence-corrected chi connectivity index (χ2v) is 5.11. The van der Waals surface area contributed by atoms with E-state index in [0.717, 1.165) is 18.2 Å². The van der Waals surface area contributed by atoms with Crippen LogP contribution < -0.4 is 0 Å². The maximum Gasteiger partial charge on any atom is 0.284 e. The van der Waals surface area contributed by atoms with Crippen molar-refractivity contribution in [3.8, 4) is 11.7 Å². The molecule has 1 aliphatic rings. The molecule has 3 heterocycles. The van der Waals surface area contributed by atoms with Crippen molar-refractivity contribution in [2.45, 2.75) is 18.1 Å². The number of likely N-dealkylation sites (tertiary alicyclic amines) is 1. The summed E-state index contributed by atoms with van der Waals surface area (Å²) >= 11 is 1.11. The monoisotopic (exact) mass is 293 g/mol. The highest BCUT2D eigenvalue weighted by Crippen LogP contribution is 2.24. The molecule has 7 nitrogen and oxygen atoms in total. The first-order valence-corrected chi connectivity index (χ1v) is 7.06.